The maximum absolute atomic E-state index is 10.1. The number of hydrogen-bond acceptors (Lipinski definition) is 16. The van der Waals surface area contributed by atoms with E-state index >= 15 is 0 Å². The van der Waals surface area contributed by atoms with Crippen molar-refractivity contribution in [2.75, 3.05) is 13.2 Å². The predicted octanol–water partition coefficient (Wildman–Crippen LogP) is -10.9. The number of aliphatic hydroxyl groups is 12. The molecule has 0 aromatic carbocycles. The minimum absolute atomic E-state index is 0. The van der Waals surface area contributed by atoms with E-state index in [0.29, 0.717) is 0 Å². The molecule has 0 amide bonds. The van der Waals surface area contributed by atoms with Crippen LogP contribution < -0.4 is 10.2 Å². The van der Waals surface area contributed by atoms with E-state index in [1.54, 1.807) is 0 Å². The molecule has 0 radical (unpaired) electrons. The molecule has 0 rings (SSSR count). The predicted molar refractivity (Wildman–Crippen MR) is 84.3 cm³/mol. The van der Waals surface area contributed by atoms with Crippen molar-refractivity contribution in [3.8, 4) is 0 Å². The van der Waals surface area contributed by atoms with Gasteiger partial charge in [-0.2, -0.15) is 0 Å². The number of carbonyl (C=O) groups excluding carboxylic acids is 2. The Kier molecular flexibility index (Phi) is 18.5. The first kappa shape index (κ1) is 34.6. The topological polar surface area (TPSA) is 323 Å². The van der Waals surface area contributed by atoms with Gasteiger partial charge in [0.05, 0.1) is 25.2 Å². The van der Waals surface area contributed by atoms with Crippen LogP contribution in [0.4, 0.5) is 0 Å². The summed E-state index contributed by atoms with van der Waals surface area (Å²) in [6, 6.07) is 0. The summed E-state index contributed by atoms with van der Waals surface area (Å²) in [6.07, 6.45) is -21.0. The average Bonchev–Trinajstić information content (AvgIpc) is 2.73. The first-order valence-electron chi connectivity index (χ1n) is 8.09. The van der Waals surface area contributed by atoms with Gasteiger partial charge in [0.25, 0.3) is 0 Å². The summed E-state index contributed by atoms with van der Waals surface area (Å²) in [4.78, 5) is 20.2. The Bertz CT molecular complexity index is 465. The SMILES string of the molecule is O=C([O-])[C@H](O)[C@H](O)[C@@H](O)[C@H](O)[C@@H](O)CO.O=C([O-])[C@H](O)[C@H](O)[C@@H](O)[C@H](O)[C@@H](O)CO.[Fe+2]. The minimum Gasteiger partial charge on any atom is -0.547 e. The van der Waals surface area contributed by atoms with Gasteiger partial charge in [-0.1, -0.05) is 0 Å². The van der Waals surface area contributed by atoms with Crippen molar-refractivity contribution in [2.45, 2.75) is 61.0 Å². The van der Waals surface area contributed by atoms with Crippen LogP contribution in [0.3, 0.4) is 0 Å². The standard InChI is InChI=1S/2C7H14O8.Fe/c2*8-1-2(9)3(10)4(11)5(12)6(13)7(14)15;/h2*2-6,8-13H,1H2,(H,14,15);/q;;+2/p-2/t2*2-,3+,4-,5+,6+;/m00./s1. The van der Waals surface area contributed by atoms with Crippen molar-refractivity contribution in [3.63, 3.8) is 0 Å². The first-order valence-corrected chi connectivity index (χ1v) is 8.09. The number of carboxylic acid groups (broad SMARTS) is 2. The third-order valence-electron chi connectivity index (χ3n) is 3.69. The molecule has 16 nitrogen and oxygen atoms in total. The Morgan fingerprint density at radius 3 is 0.903 bits per heavy atom. The van der Waals surface area contributed by atoms with Gasteiger partial charge in [0.1, 0.15) is 61.0 Å². The van der Waals surface area contributed by atoms with E-state index in [1.807, 2.05) is 0 Å². The molecular formula is C14H26FeO16. The van der Waals surface area contributed by atoms with Crippen LogP contribution in [0.2, 0.25) is 0 Å². The van der Waals surface area contributed by atoms with Gasteiger partial charge in [-0.3, -0.25) is 0 Å². The number of carboxylic acids is 2. The summed E-state index contributed by atoms with van der Waals surface area (Å²) in [5.74, 6) is -4.07. The third kappa shape index (κ3) is 11.4. The summed E-state index contributed by atoms with van der Waals surface area (Å²) in [6.45, 7) is -1.79. The van der Waals surface area contributed by atoms with Gasteiger partial charge in [0.2, 0.25) is 0 Å². The summed E-state index contributed by atoms with van der Waals surface area (Å²) >= 11 is 0. The Morgan fingerprint density at radius 2 is 0.742 bits per heavy atom. The second-order valence-corrected chi connectivity index (χ2v) is 5.97. The second kappa shape index (κ2) is 16.6. The molecule has 0 saturated carbocycles. The number of aliphatic hydroxyl groups excluding tert-OH is 12. The molecule has 0 aromatic heterocycles. The van der Waals surface area contributed by atoms with Crippen molar-refractivity contribution in [1.29, 1.82) is 0 Å². The van der Waals surface area contributed by atoms with Crippen molar-refractivity contribution in [1.82, 2.24) is 0 Å². The fourth-order valence-corrected chi connectivity index (χ4v) is 1.73. The molecule has 0 saturated heterocycles. The molecule has 0 spiro atoms. The molecule has 31 heavy (non-hydrogen) atoms. The molecule has 0 aromatic rings. The monoisotopic (exact) mass is 506 g/mol. The van der Waals surface area contributed by atoms with Gasteiger partial charge >= 0.3 is 17.1 Å². The molecule has 17 heteroatoms. The zero-order valence-corrected chi connectivity index (χ0v) is 16.6. The molecule has 0 fully saturated rings. The van der Waals surface area contributed by atoms with Crippen molar-refractivity contribution < 1.29 is 98.1 Å². The van der Waals surface area contributed by atoms with E-state index in [4.69, 9.17) is 61.3 Å². The molecule has 0 aliphatic carbocycles. The summed E-state index contributed by atoms with van der Waals surface area (Å²) in [5, 5.41) is 126. The fraction of sp³-hybridized carbons (Fsp3) is 0.857. The van der Waals surface area contributed by atoms with Crippen molar-refractivity contribution in [3.05, 3.63) is 0 Å². The van der Waals surface area contributed by atoms with Gasteiger partial charge in [-0.05, 0) is 0 Å². The third-order valence-corrected chi connectivity index (χ3v) is 3.69. The molecule has 186 valence electrons. The maximum Gasteiger partial charge on any atom is 2.00 e. The molecule has 0 aliphatic rings. The molecule has 10 atom stereocenters. The van der Waals surface area contributed by atoms with Crippen molar-refractivity contribution in [2.24, 2.45) is 0 Å². The van der Waals surface area contributed by atoms with Crippen LogP contribution in [0.5, 0.6) is 0 Å². The quantitative estimate of drug-likeness (QED) is 0.109. The van der Waals surface area contributed by atoms with Gasteiger partial charge < -0.3 is 81.1 Å². The second-order valence-electron chi connectivity index (χ2n) is 5.97. The van der Waals surface area contributed by atoms with Crippen LogP contribution in [0.1, 0.15) is 0 Å². The Hall–Kier alpha value is -1.02. The Morgan fingerprint density at radius 1 is 0.516 bits per heavy atom. The molecule has 0 bridgehead atoms. The number of rotatable bonds is 12. The van der Waals surface area contributed by atoms with Gasteiger partial charge in [-0.15, -0.1) is 0 Å². The average molecular weight is 506 g/mol. The summed E-state index contributed by atoms with van der Waals surface area (Å²) in [5.41, 5.74) is 0. The van der Waals surface area contributed by atoms with E-state index in [2.05, 4.69) is 0 Å². The van der Waals surface area contributed by atoms with E-state index < -0.39 is 86.2 Å². The summed E-state index contributed by atoms with van der Waals surface area (Å²) in [7, 11) is 0. The molecular weight excluding hydrogens is 480 g/mol. The molecule has 0 heterocycles. The first-order chi connectivity index (χ1) is 13.6. The Labute approximate surface area is 185 Å². The van der Waals surface area contributed by atoms with Crippen LogP contribution in [0.25, 0.3) is 0 Å². The number of hydrogen-bond donors (Lipinski definition) is 12. The molecule has 12 N–H and O–H groups in total. The Balaban J connectivity index is -0.000000490. The smallest absolute Gasteiger partial charge is 0.547 e. The van der Waals surface area contributed by atoms with E-state index in [0.717, 1.165) is 0 Å². The van der Waals surface area contributed by atoms with E-state index in [-0.39, 0.29) is 17.1 Å². The minimum atomic E-state index is -2.40. The molecule has 0 aliphatic heterocycles. The van der Waals surface area contributed by atoms with Crippen molar-refractivity contribution >= 4 is 11.9 Å². The molecule has 0 unspecified atom stereocenters. The van der Waals surface area contributed by atoms with Gasteiger partial charge in [0.15, 0.2) is 0 Å². The number of carbonyl (C=O) groups is 2. The van der Waals surface area contributed by atoms with E-state index in [9.17, 15) is 19.8 Å². The zero-order valence-electron chi connectivity index (χ0n) is 15.5. The van der Waals surface area contributed by atoms with Gasteiger partial charge in [-0.25, -0.2) is 0 Å². The summed E-state index contributed by atoms with van der Waals surface area (Å²) < 4.78 is 0. The van der Waals surface area contributed by atoms with Crippen LogP contribution in [-0.4, -0.2) is 147 Å². The van der Waals surface area contributed by atoms with Crippen LogP contribution in [0.15, 0.2) is 0 Å². The zero-order chi connectivity index (χ0) is 24.3. The van der Waals surface area contributed by atoms with Crippen LogP contribution in [0, 0.1) is 0 Å². The van der Waals surface area contributed by atoms with Crippen LogP contribution >= 0.6 is 0 Å². The normalized spacial score (nSPS) is 20.8. The van der Waals surface area contributed by atoms with Crippen LogP contribution in [-0.2, 0) is 26.7 Å². The van der Waals surface area contributed by atoms with E-state index in [1.165, 1.54) is 0 Å². The fourth-order valence-electron chi connectivity index (χ4n) is 1.73. The number of aliphatic carboxylic acids is 2. The largest absolute Gasteiger partial charge is 2.00 e. The maximum atomic E-state index is 10.1. The van der Waals surface area contributed by atoms with Gasteiger partial charge in [0, 0.05) is 0 Å².